The van der Waals surface area contributed by atoms with Crippen LogP contribution >= 0.6 is 0 Å². The average Bonchev–Trinajstić information content (AvgIpc) is 3.16. The molecule has 3 aromatic rings. The van der Waals surface area contributed by atoms with Gasteiger partial charge >= 0.3 is 0 Å². The molecule has 0 bridgehead atoms. The summed E-state index contributed by atoms with van der Waals surface area (Å²) in [7, 11) is 0. The Hall–Kier alpha value is -3.26. The third kappa shape index (κ3) is 3.97. The first-order chi connectivity index (χ1) is 14.0. The van der Waals surface area contributed by atoms with Crippen molar-refractivity contribution in [2.75, 3.05) is 26.3 Å². The molecular formula is C21H20FN3O4. The number of morpholine rings is 1. The molecule has 7 nitrogen and oxygen atoms in total. The first kappa shape index (κ1) is 19.1. The Morgan fingerprint density at radius 3 is 2.62 bits per heavy atom. The zero-order valence-electron chi connectivity index (χ0n) is 15.6. The molecule has 4 rings (SSSR count). The van der Waals surface area contributed by atoms with Crippen molar-refractivity contribution < 1.29 is 18.8 Å². The van der Waals surface area contributed by atoms with E-state index in [-0.39, 0.29) is 29.8 Å². The number of ether oxygens (including phenoxy) is 1. The molecule has 0 saturated carbocycles. The van der Waals surface area contributed by atoms with Gasteiger partial charge in [-0.2, -0.15) is 0 Å². The molecule has 0 radical (unpaired) electrons. The number of amides is 1. The topological polar surface area (TPSA) is 88.5 Å². The van der Waals surface area contributed by atoms with E-state index in [4.69, 9.17) is 4.74 Å². The standard InChI is InChI=1S/C21H20FN3O4/c22-15-3-1-14(2-4-15)17(12-21(26)24-7-9-29-10-8-24)19-13-23-20-6-5-16(25(27)28)11-18(19)20/h1-6,11,13,17,23H,7-10,12H2/t17-/m1/s1. The van der Waals surface area contributed by atoms with Crippen molar-refractivity contribution in [1.29, 1.82) is 0 Å². The maximum absolute atomic E-state index is 13.5. The van der Waals surface area contributed by atoms with Crippen LogP contribution in [0.3, 0.4) is 0 Å². The fourth-order valence-corrected chi connectivity index (χ4v) is 3.75. The first-order valence-corrected chi connectivity index (χ1v) is 9.39. The Morgan fingerprint density at radius 2 is 1.93 bits per heavy atom. The number of carbonyl (C=O) groups is 1. The number of nitrogens with one attached hydrogen (secondary N) is 1. The maximum atomic E-state index is 13.5. The van der Waals surface area contributed by atoms with Crippen LogP contribution in [0, 0.1) is 15.9 Å². The van der Waals surface area contributed by atoms with Crippen LogP contribution in [0.2, 0.25) is 0 Å². The molecule has 2 aromatic carbocycles. The first-order valence-electron chi connectivity index (χ1n) is 9.39. The third-order valence-corrected chi connectivity index (χ3v) is 5.30. The number of aromatic amines is 1. The lowest BCUT2D eigenvalue weighted by Gasteiger charge is -2.28. The van der Waals surface area contributed by atoms with Gasteiger partial charge in [0.15, 0.2) is 0 Å². The van der Waals surface area contributed by atoms with Gasteiger partial charge in [-0.3, -0.25) is 14.9 Å². The van der Waals surface area contributed by atoms with Crippen LogP contribution in [0.4, 0.5) is 10.1 Å². The van der Waals surface area contributed by atoms with E-state index >= 15 is 0 Å². The number of nitrogens with zero attached hydrogens (tertiary/aromatic N) is 2. The highest BCUT2D eigenvalue weighted by molar-refractivity contribution is 5.87. The van der Waals surface area contributed by atoms with E-state index in [1.54, 1.807) is 29.3 Å². The number of halogens is 1. The smallest absolute Gasteiger partial charge is 0.270 e. The summed E-state index contributed by atoms with van der Waals surface area (Å²) in [6, 6.07) is 10.6. The molecule has 29 heavy (non-hydrogen) atoms. The third-order valence-electron chi connectivity index (χ3n) is 5.30. The molecule has 0 spiro atoms. The van der Waals surface area contributed by atoms with Gasteiger partial charge in [0.2, 0.25) is 5.91 Å². The predicted octanol–water partition coefficient (Wildman–Crippen LogP) is 3.60. The summed E-state index contributed by atoms with van der Waals surface area (Å²) in [6.45, 7) is 2.08. The summed E-state index contributed by atoms with van der Waals surface area (Å²) in [5.74, 6) is -0.745. The Bertz CT molecular complexity index is 1040. The molecule has 1 aliphatic heterocycles. The quantitative estimate of drug-likeness (QED) is 0.526. The number of non-ortho nitro benzene ring substituents is 1. The summed E-state index contributed by atoms with van der Waals surface area (Å²) in [5, 5.41) is 11.9. The van der Waals surface area contributed by atoms with Gasteiger partial charge in [0.1, 0.15) is 5.82 Å². The maximum Gasteiger partial charge on any atom is 0.270 e. The lowest BCUT2D eigenvalue weighted by Crippen LogP contribution is -2.41. The van der Waals surface area contributed by atoms with Gasteiger partial charge in [-0.25, -0.2) is 4.39 Å². The van der Waals surface area contributed by atoms with Gasteiger partial charge in [0.25, 0.3) is 5.69 Å². The van der Waals surface area contributed by atoms with Crippen LogP contribution in [0.25, 0.3) is 10.9 Å². The highest BCUT2D eigenvalue weighted by Crippen LogP contribution is 2.35. The summed E-state index contributed by atoms with van der Waals surface area (Å²) in [4.78, 5) is 28.6. The Morgan fingerprint density at radius 1 is 1.21 bits per heavy atom. The van der Waals surface area contributed by atoms with Crippen LogP contribution in [0.1, 0.15) is 23.5 Å². The van der Waals surface area contributed by atoms with Crippen LogP contribution in [0.5, 0.6) is 0 Å². The molecule has 1 aromatic heterocycles. The van der Waals surface area contributed by atoms with Crippen LogP contribution in [-0.4, -0.2) is 47.0 Å². The van der Waals surface area contributed by atoms with Crippen LogP contribution < -0.4 is 0 Å². The van der Waals surface area contributed by atoms with Crippen molar-refractivity contribution >= 4 is 22.5 Å². The van der Waals surface area contributed by atoms with Crippen molar-refractivity contribution in [2.24, 2.45) is 0 Å². The second-order valence-electron chi connectivity index (χ2n) is 7.03. The van der Waals surface area contributed by atoms with Gasteiger partial charge in [0.05, 0.1) is 18.1 Å². The van der Waals surface area contributed by atoms with Crippen LogP contribution in [-0.2, 0) is 9.53 Å². The number of nitro groups is 1. The highest BCUT2D eigenvalue weighted by atomic mass is 19.1. The normalized spacial score (nSPS) is 15.4. The number of hydrogen-bond donors (Lipinski definition) is 1. The highest BCUT2D eigenvalue weighted by Gasteiger charge is 2.26. The van der Waals surface area contributed by atoms with Crippen molar-refractivity contribution in [2.45, 2.75) is 12.3 Å². The molecule has 0 aliphatic carbocycles. The Kier molecular flexibility index (Phi) is 5.26. The zero-order valence-corrected chi connectivity index (χ0v) is 15.6. The molecule has 8 heteroatoms. The lowest BCUT2D eigenvalue weighted by molar-refractivity contribution is -0.384. The summed E-state index contributed by atoms with van der Waals surface area (Å²) >= 11 is 0. The molecular weight excluding hydrogens is 377 g/mol. The molecule has 1 amide bonds. The van der Waals surface area contributed by atoms with Gasteiger partial charge in [-0.05, 0) is 29.3 Å². The lowest BCUT2D eigenvalue weighted by atomic mass is 9.87. The van der Waals surface area contributed by atoms with E-state index in [0.29, 0.717) is 31.7 Å². The minimum absolute atomic E-state index is 0.0179. The van der Waals surface area contributed by atoms with Gasteiger partial charge in [-0.15, -0.1) is 0 Å². The molecule has 0 unspecified atom stereocenters. The van der Waals surface area contributed by atoms with Crippen LogP contribution in [0.15, 0.2) is 48.7 Å². The van der Waals surface area contributed by atoms with E-state index < -0.39 is 4.92 Å². The Balaban J connectivity index is 1.74. The predicted molar refractivity (Wildman–Crippen MR) is 105 cm³/mol. The zero-order chi connectivity index (χ0) is 20.4. The number of carbonyl (C=O) groups excluding carboxylic acids is 1. The Labute approximate surface area is 166 Å². The molecule has 2 heterocycles. The average molecular weight is 397 g/mol. The number of aromatic nitrogens is 1. The van der Waals surface area contributed by atoms with Gasteiger partial charge in [-0.1, -0.05) is 12.1 Å². The molecule has 1 N–H and O–H groups in total. The van der Waals surface area contributed by atoms with Crippen molar-refractivity contribution in [3.05, 3.63) is 75.7 Å². The van der Waals surface area contributed by atoms with E-state index in [9.17, 15) is 19.3 Å². The molecule has 1 saturated heterocycles. The minimum Gasteiger partial charge on any atom is -0.378 e. The second kappa shape index (κ2) is 8.00. The van der Waals surface area contributed by atoms with E-state index in [0.717, 1.165) is 16.6 Å². The van der Waals surface area contributed by atoms with Crippen molar-refractivity contribution in [3.63, 3.8) is 0 Å². The van der Waals surface area contributed by atoms with Gasteiger partial charge < -0.3 is 14.6 Å². The fraction of sp³-hybridized carbons (Fsp3) is 0.286. The van der Waals surface area contributed by atoms with E-state index in [1.807, 2.05) is 0 Å². The van der Waals surface area contributed by atoms with E-state index in [1.165, 1.54) is 24.3 Å². The number of nitro benzene ring substituents is 1. The number of rotatable bonds is 5. The van der Waals surface area contributed by atoms with Crippen molar-refractivity contribution in [1.82, 2.24) is 9.88 Å². The largest absolute Gasteiger partial charge is 0.378 e. The summed E-state index contributed by atoms with van der Waals surface area (Å²) in [5.41, 5.74) is 2.28. The summed E-state index contributed by atoms with van der Waals surface area (Å²) in [6.07, 6.45) is 1.95. The van der Waals surface area contributed by atoms with E-state index in [2.05, 4.69) is 4.98 Å². The molecule has 1 aliphatic rings. The number of hydrogen-bond acceptors (Lipinski definition) is 4. The van der Waals surface area contributed by atoms with Crippen molar-refractivity contribution in [3.8, 4) is 0 Å². The number of benzene rings is 2. The fourth-order valence-electron chi connectivity index (χ4n) is 3.75. The monoisotopic (exact) mass is 397 g/mol. The number of H-pyrrole nitrogens is 1. The summed E-state index contributed by atoms with van der Waals surface area (Å²) < 4.78 is 18.8. The second-order valence-corrected chi connectivity index (χ2v) is 7.03. The molecule has 1 fully saturated rings. The SMILES string of the molecule is O=C(C[C@H](c1ccc(F)cc1)c1c[nH]c2ccc([N+](=O)[O-])cc12)N1CCOCC1. The molecule has 150 valence electrons. The van der Waals surface area contributed by atoms with Gasteiger partial charge in [0, 0.05) is 54.7 Å². The number of fused-ring (bicyclic) bond motifs is 1. The molecule has 1 atom stereocenters. The minimum atomic E-state index is -0.442.